The van der Waals surface area contributed by atoms with Crippen LogP contribution in [0.25, 0.3) is 33.6 Å². The van der Waals surface area contributed by atoms with E-state index in [0.717, 1.165) is 59.3 Å². The molecule has 5 N–H and O–H groups in total. The second kappa shape index (κ2) is 16.5. The minimum atomic E-state index is -1.21. The van der Waals surface area contributed by atoms with E-state index in [9.17, 15) is 24.3 Å². The number of alkyl carbamates (subject to hydrolysis) is 1. The van der Waals surface area contributed by atoms with E-state index < -0.39 is 24.3 Å². The van der Waals surface area contributed by atoms with Gasteiger partial charge in [0.1, 0.15) is 23.7 Å². The molecule has 0 unspecified atom stereocenters. The van der Waals surface area contributed by atoms with Crippen LogP contribution in [0.15, 0.2) is 91.3 Å². The van der Waals surface area contributed by atoms with Crippen molar-refractivity contribution in [2.75, 3.05) is 20.2 Å². The number of hydrogen-bond acceptors (Lipinski definition) is 7. The van der Waals surface area contributed by atoms with Gasteiger partial charge < -0.3 is 40.2 Å². The Hall–Kier alpha value is -6.44. The molecule has 2 saturated heterocycles. The van der Waals surface area contributed by atoms with Crippen LogP contribution < -0.4 is 10.6 Å². The summed E-state index contributed by atoms with van der Waals surface area (Å²) in [5.41, 5.74) is 6.33. The first-order valence-corrected chi connectivity index (χ1v) is 18.9. The summed E-state index contributed by atoms with van der Waals surface area (Å²) in [5, 5.41) is 14.4. The van der Waals surface area contributed by atoms with Crippen molar-refractivity contribution in [3.63, 3.8) is 0 Å². The molecule has 2 fully saturated rings. The second-order valence-electron chi connectivity index (χ2n) is 14.5. The number of hydrogen-bond donors (Lipinski definition) is 5. The van der Waals surface area contributed by atoms with Crippen molar-refractivity contribution in [3.8, 4) is 33.6 Å². The van der Waals surface area contributed by atoms with Crippen LogP contribution in [0.2, 0.25) is 0 Å². The number of amides is 4. The van der Waals surface area contributed by atoms with E-state index in [1.807, 2.05) is 68.4 Å². The number of benzene rings is 3. The highest BCUT2D eigenvalue weighted by molar-refractivity contribution is 5.88. The molecule has 4 amide bonds. The Kier molecular flexibility index (Phi) is 11.2. The number of rotatable bonds is 11. The molecule has 0 radical (unpaired) electrons. The van der Waals surface area contributed by atoms with Crippen molar-refractivity contribution < 1.29 is 29.0 Å². The van der Waals surface area contributed by atoms with Gasteiger partial charge in [-0.15, -0.1) is 0 Å². The highest BCUT2D eigenvalue weighted by Crippen LogP contribution is 2.36. The van der Waals surface area contributed by atoms with Gasteiger partial charge >= 0.3 is 12.2 Å². The van der Waals surface area contributed by atoms with Crippen LogP contribution in [-0.4, -0.2) is 85.1 Å². The highest BCUT2D eigenvalue weighted by atomic mass is 16.5. The number of H-pyrrole nitrogens is 2. The van der Waals surface area contributed by atoms with Gasteiger partial charge in [0.15, 0.2) is 0 Å². The maximum absolute atomic E-state index is 13.9. The minimum absolute atomic E-state index is 0.189. The summed E-state index contributed by atoms with van der Waals surface area (Å²) in [6.45, 7) is 4.76. The van der Waals surface area contributed by atoms with Crippen molar-refractivity contribution in [1.29, 1.82) is 0 Å². The van der Waals surface area contributed by atoms with Crippen molar-refractivity contribution in [2.45, 2.75) is 63.7 Å². The molecule has 2 aliphatic rings. The molecule has 5 aromatic rings. The number of carbonyl (C=O) groups is 4. The van der Waals surface area contributed by atoms with Crippen LogP contribution in [0, 0.1) is 5.92 Å². The fourth-order valence-electron chi connectivity index (χ4n) is 7.72. The largest absolute Gasteiger partial charge is 0.465 e. The monoisotopic (exact) mass is 758 g/mol. The third kappa shape index (κ3) is 7.99. The molecule has 0 bridgehead atoms. The number of imidazole rings is 2. The van der Waals surface area contributed by atoms with Crippen LogP contribution in [0.3, 0.4) is 0 Å². The summed E-state index contributed by atoms with van der Waals surface area (Å²) < 4.78 is 4.82. The number of carboxylic acid groups (broad SMARTS) is 1. The molecule has 0 spiro atoms. The third-order valence-electron chi connectivity index (χ3n) is 10.7. The van der Waals surface area contributed by atoms with Crippen molar-refractivity contribution >= 4 is 24.0 Å². The fraction of sp³-hybridized carbons (Fsp3) is 0.333. The third-order valence-corrected chi connectivity index (χ3v) is 10.7. The predicted octanol–water partition coefficient (Wildman–Crippen LogP) is 6.85. The Morgan fingerprint density at radius 1 is 0.714 bits per heavy atom. The molecule has 2 aliphatic heterocycles. The number of likely N-dealkylation sites (tertiary alicyclic amines) is 2. The lowest BCUT2D eigenvalue weighted by Gasteiger charge is -2.29. The molecule has 0 aliphatic carbocycles. The first-order chi connectivity index (χ1) is 27.1. The van der Waals surface area contributed by atoms with Gasteiger partial charge in [-0.25, -0.2) is 19.6 Å². The molecule has 7 rings (SSSR count). The standard InChI is InChI=1S/C42H46N8O6/c1-25(2)35(47-41(53)54)39(51)49-21-7-11-33(49)37-43-23-31(45-37)28-17-13-26(14-18-28)27-15-19-29(20-16-27)32-24-44-38(46-32)34-12-8-22-50(34)40(52)36(48-42(55)56-3)30-9-5-4-6-10-30/h4-6,9-10,13-20,23-25,33-36,47H,7-8,11-12,21-22H2,1-3H3,(H,43,45)(H,44,46)(H,48,55)(H,53,54)/t33-,34-,35-,36+/m0/s1. The lowest BCUT2D eigenvalue weighted by atomic mass is 10.0. The Morgan fingerprint density at radius 3 is 1.66 bits per heavy atom. The van der Waals surface area contributed by atoms with Gasteiger partial charge in [0.2, 0.25) is 5.91 Å². The van der Waals surface area contributed by atoms with Crippen molar-refractivity contribution in [1.82, 2.24) is 40.4 Å². The number of aromatic amines is 2. The summed E-state index contributed by atoms with van der Waals surface area (Å²) in [5.74, 6) is 0.738. The smallest absolute Gasteiger partial charge is 0.407 e. The van der Waals surface area contributed by atoms with Gasteiger partial charge in [-0.05, 0) is 59.4 Å². The zero-order valence-electron chi connectivity index (χ0n) is 31.6. The quantitative estimate of drug-likeness (QED) is 0.0968. The van der Waals surface area contributed by atoms with Gasteiger partial charge in [0, 0.05) is 13.1 Å². The van der Waals surface area contributed by atoms with E-state index in [1.165, 1.54) is 7.11 Å². The van der Waals surface area contributed by atoms with E-state index in [2.05, 4.69) is 54.8 Å². The topological polar surface area (TPSA) is 186 Å². The molecule has 0 saturated carbocycles. The first-order valence-electron chi connectivity index (χ1n) is 18.9. The highest BCUT2D eigenvalue weighted by Gasteiger charge is 2.38. The van der Waals surface area contributed by atoms with Gasteiger partial charge in [-0.2, -0.15) is 0 Å². The summed E-state index contributed by atoms with van der Waals surface area (Å²) in [7, 11) is 1.28. The molecular weight excluding hydrogens is 713 g/mol. The van der Waals surface area contributed by atoms with Crippen LogP contribution in [0.5, 0.6) is 0 Å². The molecular formula is C42H46N8O6. The molecule has 14 heteroatoms. The number of ether oxygens (including phenoxy) is 1. The van der Waals surface area contributed by atoms with E-state index in [-0.39, 0.29) is 29.8 Å². The van der Waals surface area contributed by atoms with E-state index in [0.29, 0.717) is 30.3 Å². The second-order valence-corrected chi connectivity index (χ2v) is 14.5. The molecule has 2 aromatic heterocycles. The molecule has 56 heavy (non-hydrogen) atoms. The molecule has 3 aromatic carbocycles. The summed E-state index contributed by atoms with van der Waals surface area (Å²) >= 11 is 0. The van der Waals surface area contributed by atoms with Crippen LogP contribution >= 0.6 is 0 Å². The maximum atomic E-state index is 13.9. The SMILES string of the molecule is COC(=O)N[C@@H](C(=O)N1CCC[C@H]1c1ncc(-c2ccc(-c3ccc(-c4cnc([C@@H]5CCCN5C(=O)[C@@H](NC(=O)O)C(C)C)[nH]4)cc3)cc2)[nH]1)c1ccccc1. The number of nitrogens with one attached hydrogen (secondary N) is 4. The number of aromatic nitrogens is 4. The van der Waals surface area contributed by atoms with Crippen molar-refractivity contribution in [2.24, 2.45) is 5.92 Å². The van der Waals surface area contributed by atoms with Gasteiger partial charge in [-0.3, -0.25) is 9.59 Å². The summed E-state index contributed by atoms with van der Waals surface area (Å²) in [6, 6.07) is 23.3. The lowest BCUT2D eigenvalue weighted by Crippen LogP contribution is -2.50. The predicted molar refractivity (Wildman–Crippen MR) is 209 cm³/mol. The fourth-order valence-corrected chi connectivity index (χ4v) is 7.72. The lowest BCUT2D eigenvalue weighted by molar-refractivity contribution is -0.135. The Balaban J connectivity index is 1.01. The Labute approximate surface area is 324 Å². The maximum Gasteiger partial charge on any atom is 0.407 e. The molecule has 290 valence electrons. The minimum Gasteiger partial charge on any atom is -0.465 e. The summed E-state index contributed by atoms with van der Waals surface area (Å²) in [6.07, 6.45) is 4.79. The normalized spacial score (nSPS) is 17.8. The van der Waals surface area contributed by atoms with Gasteiger partial charge in [-0.1, -0.05) is 92.7 Å². The van der Waals surface area contributed by atoms with Gasteiger partial charge in [0.25, 0.3) is 5.91 Å². The van der Waals surface area contributed by atoms with E-state index >= 15 is 0 Å². The average Bonchev–Trinajstić information content (AvgIpc) is 4.06. The zero-order valence-corrected chi connectivity index (χ0v) is 31.6. The number of carbonyl (C=O) groups excluding carboxylic acids is 3. The van der Waals surface area contributed by atoms with Gasteiger partial charge in [0.05, 0.1) is 43.0 Å². The van der Waals surface area contributed by atoms with Crippen LogP contribution in [-0.2, 0) is 14.3 Å². The van der Waals surface area contributed by atoms with Crippen molar-refractivity contribution in [3.05, 3.63) is 108 Å². The van der Waals surface area contributed by atoms with E-state index in [1.54, 1.807) is 22.2 Å². The average molecular weight is 759 g/mol. The van der Waals surface area contributed by atoms with Crippen LogP contribution in [0.1, 0.15) is 74.9 Å². The molecule has 4 heterocycles. The zero-order chi connectivity index (χ0) is 39.3. The Bertz CT molecular complexity index is 2160. The van der Waals surface area contributed by atoms with E-state index in [4.69, 9.17) is 4.74 Å². The number of nitrogens with zero attached hydrogens (tertiary/aromatic N) is 4. The molecule has 4 atom stereocenters. The Morgan fingerprint density at radius 2 is 1.20 bits per heavy atom. The first kappa shape index (κ1) is 37.9. The van der Waals surface area contributed by atoms with Crippen LogP contribution in [0.4, 0.5) is 9.59 Å². The molecule has 14 nitrogen and oxygen atoms in total. The number of methoxy groups -OCH3 is 1. The summed E-state index contributed by atoms with van der Waals surface area (Å²) in [4.78, 5) is 70.5.